The third-order valence-corrected chi connectivity index (χ3v) is 3.48. The molecule has 1 aromatic rings. The first-order chi connectivity index (χ1) is 9.02. The Balaban J connectivity index is 2.22. The van der Waals surface area contributed by atoms with Crippen LogP contribution in [-0.4, -0.2) is 29.3 Å². The summed E-state index contributed by atoms with van der Waals surface area (Å²) < 4.78 is 13.2. The van der Waals surface area contributed by atoms with Crippen molar-refractivity contribution in [3.8, 4) is 0 Å². The number of piperazine rings is 1. The minimum atomic E-state index is -0.443. The Labute approximate surface area is 115 Å². The third kappa shape index (κ3) is 2.93. The van der Waals surface area contributed by atoms with Gasteiger partial charge in [-0.1, -0.05) is 18.5 Å². The Morgan fingerprint density at radius 1 is 1.47 bits per heavy atom. The average Bonchev–Trinajstić information content (AvgIpc) is 2.38. The lowest BCUT2D eigenvalue weighted by atomic mass is 10.1. The van der Waals surface area contributed by atoms with Crippen LogP contribution < -0.4 is 5.32 Å². The van der Waals surface area contributed by atoms with Crippen LogP contribution in [0.3, 0.4) is 0 Å². The van der Waals surface area contributed by atoms with Crippen LogP contribution in [0.2, 0.25) is 5.02 Å². The molecule has 1 N–H and O–H groups in total. The van der Waals surface area contributed by atoms with E-state index in [1.807, 2.05) is 6.92 Å². The van der Waals surface area contributed by atoms with Crippen LogP contribution in [0.15, 0.2) is 18.2 Å². The minimum Gasteiger partial charge on any atom is -0.297 e. The molecule has 1 aliphatic rings. The molecule has 0 spiro atoms. The highest BCUT2D eigenvalue weighted by Gasteiger charge is 2.33. The second kappa shape index (κ2) is 5.67. The number of benzene rings is 1. The maximum Gasteiger partial charge on any atom is 0.246 e. The summed E-state index contributed by atoms with van der Waals surface area (Å²) in [6.45, 7) is 1.97. The van der Waals surface area contributed by atoms with Crippen molar-refractivity contribution >= 4 is 23.4 Å². The molecule has 1 fully saturated rings. The second-order valence-corrected chi connectivity index (χ2v) is 4.80. The van der Waals surface area contributed by atoms with Gasteiger partial charge in [-0.05, 0) is 30.2 Å². The molecule has 1 aliphatic heterocycles. The van der Waals surface area contributed by atoms with Crippen molar-refractivity contribution in [3.05, 3.63) is 34.6 Å². The minimum absolute atomic E-state index is 0.00639. The van der Waals surface area contributed by atoms with Gasteiger partial charge in [0.1, 0.15) is 5.82 Å². The Morgan fingerprint density at radius 3 is 2.89 bits per heavy atom. The van der Waals surface area contributed by atoms with Crippen molar-refractivity contribution < 1.29 is 14.0 Å². The van der Waals surface area contributed by atoms with Crippen LogP contribution in [0.25, 0.3) is 0 Å². The fraction of sp³-hybridized carbons (Fsp3) is 0.385. The van der Waals surface area contributed by atoms with E-state index in [0.717, 1.165) is 4.90 Å². The maximum atomic E-state index is 13.2. The quantitative estimate of drug-likeness (QED) is 0.860. The third-order valence-electron chi connectivity index (χ3n) is 3.11. The molecule has 19 heavy (non-hydrogen) atoms. The van der Waals surface area contributed by atoms with Gasteiger partial charge < -0.3 is 0 Å². The summed E-state index contributed by atoms with van der Waals surface area (Å²) in [6.07, 6.45) is 0.597. The fourth-order valence-electron chi connectivity index (χ4n) is 2.02. The van der Waals surface area contributed by atoms with Crippen molar-refractivity contribution in [1.29, 1.82) is 0 Å². The number of nitrogens with zero attached hydrogens (tertiary/aromatic N) is 1. The molecule has 0 aliphatic carbocycles. The van der Waals surface area contributed by atoms with Gasteiger partial charge in [-0.2, -0.15) is 0 Å². The molecule has 1 aromatic carbocycles. The Kier molecular flexibility index (Phi) is 4.17. The van der Waals surface area contributed by atoms with E-state index < -0.39 is 5.82 Å². The number of imide groups is 1. The first kappa shape index (κ1) is 14.0. The zero-order valence-electron chi connectivity index (χ0n) is 10.5. The van der Waals surface area contributed by atoms with Crippen molar-refractivity contribution in [2.24, 2.45) is 0 Å². The molecule has 0 bridgehead atoms. The first-order valence-electron chi connectivity index (χ1n) is 6.04. The fourth-order valence-corrected chi connectivity index (χ4v) is 2.20. The van der Waals surface area contributed by atoms with E-state index in [-0.39, 0.29) is 30.9 Å². The van der Waals surface area contributed by atoms with Crippen LogP contribution in [0, 0.1) is 5.82 Å². The van der Waals surface area contributed by atoms with Crippen LogP contribution in [0.1, 0.15) is 18.9 Å². The predicted molar refractivity (Wildman–Crippen MR) is 69.0 cm³/mol. The average molecular weight is 285 g/mol. The van der Waals surface area contributed by atoms with E-state index in [4.69, 9.17) is 11.6 Å². The summed E-state index contributed by atoms with van der Waals surface area (Å²) in [7, 11) is 0. The van der Waals surface area contributed by atoms with E-state index in [0.29, 0.717) is 17.0 Å². The number of hydrogen-bond acceptors (Lipinski definition) is 3. The molecule has 6 heteroatoms. The Bertz CT molecular complexity index is 521. The molecular weight excluding hydrogens is 271 g/mol. The van der Waals surface area contributed by atoms with Gasteiger partial charge in [-0.15, -0.1) is 0 Å². The number of halogens is 2. The molecule has 0 radical (unpaired) electrons. The van der Waals surface area contributed by atoms with Gasteiger partial charge in [0.2, 0.25) is 11.8 Å². The summed E-state index contributed by atoms with van der Waals surface area (Å²) >= 11 is 5.95. The number of hydrogen-bond donors (Lipinski definition) is 1. The Morgan fingerprint density at radius 2 is 2.21 bits per heavy atom. The normalized spacial score (nSPS) is 19.9. The van der Waals surface area contributed by atoms with Crippen LogP contribution in [0.4, 0.5) is 4.39 Å². The topological polar surface area (TPSA) is 49.4 Å². The SMILES string of the molecule is CCC1NCC(=O)N(Cc2cc(F)ccc2Cl)C1=O. The molecule has 0 aromatic heterocycles. The highest BCUT2D eigenvalue weighted by Crippen LogP contribution is 2.20. The molecule has 4 nitrogen and oxygen atoms in total. The monoisotopic (exact) mass is 284 g/mol. The van der Waals surface area contributed by atoms with Gasteiger partial charge in [0.05, 0.1) is 19.1 Å². The number of nitrogens with one attached hydrogen (secondary N) is 1. The molecule has 1 saturated heterocycles. The zero-order chi connectivity index (χ0) is 14.0. The van der Waals surface area contributed by atoms with Gasteiger partial charge >= 0.3 is 0 Å². The number of rotatable bonds is 3. The smallest absolute Gasteiger partial charge is 0.246 e. The lowest BCUT2D eigenvalue weighted by molar-refractivity contribution is -0.150. The highest BCUT2D eigenvalue weighted by molar-refractivity contribution is 6.31. The standard InChI is InChI=1S/C13H14ClFN2O2/c1-2-11-13(19)17(12(18)6-16-11)7-8-5-9(15)3-4-10(8)14/h3-5,11,16H,2,6-7H2,1H3. The van der Waals surface area contributed by atoms with Crippen LogP contribution in [0.5, 0.6) is 0 Å². The number of amides is 2. The summed E-state index contributed by atoms with van der Waals surface area (Å²) in [5.74, 6) is -1.06. The molecule has 0 saturated carbocycles. The molecule has 102 valence electrons. The van der Waals surface area contributed by atoms with Crippen molar-refractivity contribution in [2.75, 3.05) is 6.54 Å². The molecule has 1 atom stereocenters. The van der Waals surface area contributed by atoms with Gasteiger partial charge in [0.25, 0.3) is 0 Å². The maximum absolute atomic E-state index is 13.2. The van der Waals surface area contributed by atoms with Gasteiger partial charge in [-0.3, -0.25) is 19.8 Å². The highest BCUT2D eigenvalue weighted by atomic mass is 35.5. The first-order valence-corrected chi connectivity index (χ1v) is 6.42. The van der Waals surface area contributed by atoms with Crippen molar-refractivity contribution in [3.63, 3.8) is 0 Å². The van der Waals surface area contributed by atoms with Crippen molar-refractivity contribution in [2.45, 2.75) is 25.9 Å². The van der Waals surface area contributed by atoms with E-state index in [1.165, 1.54) is 18.2 Å². The zero-order valence-corrected chi connectivity index (χ0v) is 11.2. The lowest BCUT2D eigenvalue weighted by Crippen LogP contribution is -2.57. The molecular formula is C13H14ClFN2O2. The summed E-state index contributed by atoms with van der Waals surface area (Å²) in [6, 6.07) is 3.53. The van der Waals surface area contributed by atoms with E-state index in [1.54, 1.807) is 0 Å². The van der Waals surface area contributed by atoms with Crippen molar-refractivity contribution in [1.82, 2.24) is 10.2 Å². The van der Waals surface area contributed by atoms with Crippen LogP contribution >= 0.6 is 11.6 Å². The largest absolute Gasteiger partial charge is 0.297 e. The summed E-state index contributed by atoms with van der Waals surface area (Å²) in [5.41, 5.74) is 0.431. The van der Waals surface area contributed by atoms with E-state index in [9.17, 15) is 14.0 Å². The predicted octanol–water partition coefficient (Wildman–Crippen LogP) is 1.72. The second-order valence-electron chi connectivity index (χ2n) is 4.40. The van der Waals surface area contributed by atoms with E-state index >= 15 is 0 Å². The molecule has 2 rings (SSSR count). The van der Waals surface area contributed by atoms with Gasteiger partial charge in [0.15, 0.2) is 0 Å². The molecule has 1 unspecified atom stereocenters. The Hall–Kier alpha value is -1.46. The number of carbonyl (C=O) groups excluding carboxylic acids is 2. The van der Waals surface area contributed by atoms with Crippen LogP contribution in [-0.2, 0) is 16.1 Å². The molecule has 2 amide bonds. The van der Waals surface area contributed by atoms with Gasteiger partial charge in [0, 0.05) is 5.02 Å². The van der Waals surface area contributed by atoms with Gasteiger partial charge in [-0.25, -0.2) is 4.39 Å². The summed E-state index contributed by atoms with van der Waals surface area (Å²) in [5, 5.41) is 3.20. The number of carbonyl (C=O) groups is 2. The summed E-state index contributed by atoms with van der Waals surface area (Å²) in [4.78, 5) is 25.0. The molecule has 1 heterocycles. The lowest BCUT2D eigenvalue weighted by Gasteiger charge is -2.31. The van der Waals surface area contributed by atoms with E-state index in [2.05, 4.69) is 5.32 Å².